The Morgan fingerprint density at radius 3 is 2.42 bits per heavy atom. The fourth-order valence-electron chi connectivity index (χ4n) is 3.99. The van der Waals surface area contributed by atoms with E-state index in [2.05, 4.69) is 15.7 Å². The number of fused-ring (bicyclic) bond motifs is 1. The summed E-state index contributed by atoms with van der Waals surface area (Å²) in [4.78, 5) is 0. The second kappa shape index (κ2) is 8.76. The second-order valence-electron chi connectivity index (χ2n) is 7.45. The Balaban J connectivity index is 1.83. The van der Waals surface area contributed by atoms with Crippen molar-refractivity contribution in [2.24, 2.45) is 0 Å². The summed E-state index contributed by atoms with van der Waals surface area (Å²) in [5.74, 6) is 0.804. The van der Waals surface area contributed by atoms with Gasteiger partial charge in [-0.2, -0.15) is 5.26 Å². The normalized spacial score (nSPS) is 14.3. The molecule has 0 atom stereocenters. The van der Waals surface area contributed by atoms with Crippen molar-refractivity contribution in [3.8, 4) is 23.1 Å². The largest absolute Gasteiger partial charge is 0.494 e. The first-order chi connectivity index (χ1) is 15.0. The van der Waals surface area contributed by atoms with Crippen LogP contribution in [0.3, 0.4) is 0 Å². The molecule has 1 fully saturated rings. The van der Waals surface area contributed by atoms with Gasteiger partial charge in [-0.05, 0) is 56.0 Å². The fraction of sp³-hybridized carbons (Fsp3) is 0.348. The van der Waals surface area contributed by atoms with Gasteiger partial charge >= 0.3 is 7.75 Å². The molecule has 1 aliphatic rings. The number of hydrogen-bond acceptors (Lipinski definition) is 5. The number of nitriles is 1. The van der Waals surface area contributed by atoms with Crippen LogP contribution in [0, 0.1) is 11.3 Å². The molecule has 0 amide bonds. The summed E-state index contributed by atoms with van der Waals surface area (Å²) in [5, 5.41) is 13.8. The van der Waals surface area contributed by atoms with E-state index in [-0.39, 0.29) is 0 Å². The smallest absolute Gasteiger partial charge is 0.432 e. The standard InChI is InChI=1S/C23H26N3O4P/c1-4-30-19-12-13-20-21(15-24)23(26(22(20)14-19)18-6-5-7-18)16-8-10-17(11-9-16)25-31(27,28-2)29-3/h8-14,18H,4-7H2,1-3H3,(H,25,27). The number of rotatable bonds is 8. The van der Waals surface area contributed by atoms with Crippen LogP contribution in [0.1, 0.15) is 37.8 Å². The zero-order valence-corrected chi connectivity index (χ0v) is 18.8. The first-order valence-corrected chi connectivity index (χ1v) is 11.9. The van der Waals surface area contributed by atoms with Crippen LogP contribution in [0.2, 0.25) is 0 Å². The molecule has 0 aliphatic heterocycles. The maximum Gasteiger partial charge on any atom is 0.432 e. The van der Waals surface area contributed by atoms with Gasteiger partial charge in [0.05, 0.1) is 23.4 Å². The molecular weight excluding hydrogens is 413 g/mol. The topological polar surface area (TPSA) is 85.5 Å². The first kappa shape index (κ1) is 21.5. The lowest BCUT2D eigenvalue weighted by atomic mass is 9.92. The van der Waals surface area contributed by atoms with Crippen molar-refractivity contribution in [3.63, 3.8) is 0 Å². The highest BCUT2D eigenvalue weighted by Crippen LogP contribution is 2.47. The molecule has 4 rings (SSSR count). The number of aromatic nitrogens is 1. The Labute approximate surface area is 182 Å². The minimum absolute atomic E-state index is 0.358. The Morgan fingerprint density at radius 1 is 1.16 bits per heavy atom. The van der Waals surface area contributed by atoms with Crippen LogP contribution in [0.5, 0.6) is 5.75 Å². The molecule has 0 unspecified atom stereocenters. The Kier molecular flexibility index (Phi) is 6.06. The molecule has 1 aromatic heterocycles. The molecule has 3 aromatic rings. The third-order valence-electron chi connectivity index (χ3n) is 5.74. The molecule has 1 heterocycles. The van der Waals surface area contributed by atoms with E-state index in [1.54, 1.807) is 0 Å². The van der Waals surface area contributed by atoms with Crippen LogP contribution in [0.15, 0.2) is 42.5 Å². The predicted molar refractivity (Wildman–Crippen MR) is 121 cm³/mol. The highest BCUT2D eigenvalue weighted by atomic mass is 31.2. The van der Waals surface area contributed by atoms with E-state index < -0.39 is 7.75 Å². The van der Waals surface area contributed by atoms with E-state index in [1.165, 1.54) is 20.6 Å². The summed E-state index contributed by atoms with van der Waals surface area (Å²) in [6, 6.07) is 16.2. The maximum atomic E-state index is 12.4. The monoisotopic (exact) mass is 439 g/mol. The van der Waals surface area contributed by atoms with Crippen LogP contribution in [-0.4, -0.2) is 25.4 Å². The van der Waals surface area contributed by atoms with Gasteiger partial charge in [0.2, 0.25) is 0 Å². The molecular formula is C23H26N3O4P. The number of anilines is 1. The van der Waals surface area contributed by atoms with Crippen LogP contribution in [0.4, 0.5) is 5.69 Å². The molecule has 0 radical (unpaired) electrons. The molecule has 1 aliphatic carbocycles. The summed E-state index contributed by atoms with van der Waals surface area (Å²) in [6.07, 6.45) is 3.36. The summed E-state index contributed by atoms with van der Waals surface area (Å²) in [7, 11) is -0.720. The summed E-state index contributed by atoms with van der Waals surface area (Å²) >= 11 is 0. The zero-order valence-electron chi connectivity index (χ0n) is 17.9. The van der Waals surface area contributed by atoms with Gasteiger partial charge in [-0.15, -0.1) is 0 Å². The summed E-state index contributed by atoms with van der Waals surface area (Å²) in [6.45, 7) is 2.55. The van der Waals surface area contributed by atoms with E-state index in [4.69, 9.17) is 13.8 Å². The number of hydrogen-bond donors (Lipinski definition) is 1. The minimum atomic E-state index is -3.38. The van der Waals surface area contributed by atoms with Crippen LogP contribution in [0.25, 0.3) is 22.2 Å². The van der Waals surface area contributed by atoms with Gasteiger partial charge in [0.15, 0.2) is 0 Å². The van der Waals surface area contributed by atoms with Crippen molar-refractivity contribution >= 4 is 24.3 Å². The third-order valence-corrected chi connectivity index (χ3v) is 7.24. The lowest BCUT2D eigenvalue weighted by molar-refractivity contribution is 0.281. The van der Waals surface area contributed by atoms with E-state index in [1.807, 2.05) is 49.4 Å². The molecule has 162 valence electrons. The highest BCUT2D eigenvalue weighted by Gasteiger charge is 2.28. The predicted octanol–water partition coefficient (Wildman–Crippen LogP) is 6.12. The molecule has 0 spiro atoms. The van der Waals surface area contributed by atoms with Gasteiger partial charge in [0, 0.05) is 37.4 Å². The molecule has 7 nitrogen and oxygen atoms in total. The van der Waals surface area contributed by atoms with Gasteiger partial charge < -0.3 is 9.30 Å². The van der Waals surface area contributed by atoms with Crippen LogP contribution >= 0.6 is 7.75 Å². The van der Waals surface area contributed by atoms with Gasteiger partial charge in [0.1, 0.15) is 11.8 Å². The van der Waals surface area contributed by atoms with Gasteiger partial charge in [-0.25, -0.2) is 4.57 Å². The fourth-order valence-corrected chi connectivity index (χ4v) is 4.79. The average molecular weight is 439 g/mol. The first-order valence-electron chi connectivity index (χ1n) is 10.3. The van der Waals surface area contributed by atoms with Gasteiger partial charge in [-0.3, -0.25) is 14.1 Å². The quantitative estimate of drug-likeness (QED) is 0.426. The SMILES string of the molecule is CCOc1ccc2c(C#N)c(-c3ccc(NP(=O)(OC)OC)cc3)n(C3CCC3)c2c1. The molecule has 0 bridgehead atoms. The van der Waals surface area contributed by atoms with Crippen molar-refractivity contribution in [1.82, 2.24) is 4.57 Å². The number of benzene rings is 2. The Bertz CT molecular complexity index is 1170. The van der Waals surface area contributed by atoms with E-state index in [9.17, 15) is 9.83 Å². The number of nitrogens with one attached hydrogen (secondary N) is 1. The zero-order chi connectivity index (χ0) is 22.0. The van der Waals surface area contributed by atoms with Gasteiger partial charge in [-0.1, -0.05) is 12.1 Å². The molecule has 8 heteroatoms. The molecule has 1 saturated carbocycles. The molecule has 2 aromatic carbocycles. The Morgan fingerprint density at radius 2 is 1.87 bits per heavy atom. The minimum Gasteiger partial charge on any atom is -0.494 e. The maximum absolute atomic E-state index is 12.4. The van der Waals surface area contributed by atoms with Crippen molar-refractivity contribution in [2.45, 2.75) is 32.2 Å². The average Bonchev–Trinajstić information content (AvgIpc) is 3.06. The van der Waals surface area contributed by atoms with Gasteiger partial charge in [0.25, 0.3) is 0 Å². The number of ether oxygens (including phenoxy) is 1. The van der Waals surface area contributed by atoms with E-state index in [0.717, 1.165) is 40.8 Å². The van der Waals surface area contributed by atoms with Crippen molar-refractivity contribution in [2.75, 3.05) is 25.9 Å². The van der Waals surface area contributed by atoms with Crippen molar-refractivity contribution in [3.05, 3.63) is 48.0 Å². The molecule has 1 N–H and O–H groups in total. The van der Waals surface area contributed by atoms with E-state index >= 15 is 0 Å². The third kappa shape index (κ3) is 3.95. The second-order valence-corrected chi connectivity index (χ2v) is 9.40. The molecule has 0 saturated heterocycles. The molecule has 31 heavy (non-hydrogen) atoms. The number of nitrogens with zero attached hydrogens (tertiary/aromatic N) is 2. The van der Waals surface area contributed by atoms with Crippen LogP contribution in [-0.2, 0) is 13.6 Å². The highest BCUT2D eigenvalue weighted by molar-refractivity contribution is 7.55. The lowest BCUT2D eigenvalue weighted by Crippen LogP contribution is -2.17. The summed E-state index contributed by atoms with van der Waals surface area (Å²) < 4.78 is 30.3. The van der Waals surface area contributed by atoms with Crippen molar-refractivity contribution < 1.29 is 18.3 Å². The van der Waals surface area contributed by atoms with Crippen molar-refractivity contribution in [1.29, 1.82) is 5.26 Å². The van der Waals surface area contributed by atoms with E-state index in [0.29, 0.717) is 23.9 Å². The lowest BCUT2D eigenvalue weighted by Gasteiger charge is -2.30. The summed E-state index contributed by atoms with van der Waals surface area (Å²) in [5.41, 5.74) is 4.12. The van der Waals surface area contributed by atoms with Crippen LogP contribution < -0.4 is 9.82 Å². The Hall–Kier alpha value is -2.78.